The molecular formula is C20H19N3. The molecule has 0 amide bonds. The highest BCUT2D eigenvalue weighted by Gasteiger charge is 2.24. The third-order valence-electron chi connectivity index (χ3n) is 4.18. The van der Waals surface area contributed by atoms with Crippen LogP contribution in [0.15, 0.2) is 72.8 Å². The van der Waals surface area contributed by atoms with Gasteiger partial charge in [0.2, 0.25) is 0 Å². The van der Waals surface area contributed by atoms with Crippen LogP contribution in [0.2, 0.25) is 0 Å². The maximum absolute atomic E-state index is 6.12. The minimum Gasteiger partial charge on any atom is -0.399 e. The molecule has 4 N–H and O–H groups in total. The molecule has 23 heavy (non-hydrogen) atoms. The molecule has 0 radical (unpaired) electrons. The second kappa shape index (κ2) is 5.69. The van der Waals surface area contributed by atoms with Crippen molar-refractivity contribution in [1.29, 1.82) is 0 Å². The lowest BCUT2D eigenvalue weighted by Gasteiger charge is -2.16. The van der Waals surface area contributed by atoms with Crippen molar-refractivity contribution in [3.63, 3.8) is 0 Å². The zero-order valence-corrected chi connectivity index (χ0v) is 12.8. The Morgan fingerprint density at radius 3 is 2.35 bits per heavy atom. The number of nitrogen functional groups attached to an aromatic ring is 1. The van der Waals surface area contributed by atoms with E-state index in [2.05, 4.69) is 53.1 Å². The van der Waals surface area contributed by atoms with E-state index in [4.69, 9.17) is 5.73 Å². The summed E-state index contributed by atoms with van der Waals surface area (Å²) < 4.78 is 0. The average Bonchev–Trinajstić information content (AvgIpc) is 2.98. The van der Waals surface area contributed by atoms with Crippen LogP contribution in [0.1, 0.15) is 5.56 Å². The molecule has 3 heteroatoms. The molecule has 0 fully saturated rings. The van der Waals surface area contributed by atoms with E-state index in [1.165, 1.54) is 16.8 Å². The Labute approximate surface area is 136 Å². The van der Waals surface area contributed by atoms with E-state index in [0.29, 0.717) is 0 Å². The highest BCUT2D eigenvalue weighted by atomic mass is 15.1. The molecule has 3 aromatic carbocycles. The maximum atomic E-state index is 6.12. The molecule has 1 unspecified atom stereocenters. The SMILES string of the molecule is Nc1cc2c(c(-c3ccccc3)c1)NC(Nc1ccccc1)C2. The summed E-state index contributed by atoms with van der Waals surface area (Å²) in [6.45, 7) is 0. The molecule has 114 valence electrons. The number of fused-ring (bicyclic) bond motifs is 1. The quantitative estimate of drug-likeness (QED) is 0.631. The first kappa shape index (κ1) is 13.7. The van der Waals surface area contributed by atoms with Crippen LogP contribution in [0.5, 0.6) is 0 Å². The highest BCUT2D eigenvalue weighted by molar-refractivity contribution is 5.85. The largest absolute Gasteiger partial charge is 0.399 e. The van der Waals surface area contributed by atoms with E-state index >= 15 is 0 Å². The van der Waals surface area contributed by atoms with Gasteiger partial charge in [-0.25, -0.2) is 0 Å². The van der Waals surface area contributed by atoms with Gasteiger partial charge >= 0.3 is 0 Å². The summed E-state index contributed by atoms with van der Waals surface area (Å²) in [4.78, 5) is 0. The van der Waals surface area contributed by atoms with Crippen LogP contribution < -0.4 is 16.4 Å². The lowest BCUT2D eigenvalue weighted by molar-refractivity contribution is 0.856. The van der Waals surface area contributed by atoms with E-state index in [0.717, 1.165) is 23.4 Å². The standard InChI is InChI=1S/C20H19N3/c21-16-11-15-12-19(22-17-9-5-2-6-10-17)23-20(15)18(13-16)14-7-3-1-4-8-14/h1-11,13,19,22-23H,12,21H2. The summed E-state index contributed by atoms with van der Waals surface area (Å²) in [5.74, 6) is 0. The Hall–Kier alpha value is -2.94. The second-order valence-corrected chi connectivity index (χ2v) is 5.88. The van der Waals surface area contributed by atoms with Gasteiger partial charge in [0, 0.05) is 29.0 Å². The molecule has 0 saturated heterocycles. The summed E-state index contributed by atoms with van der Waals surface area (Å²) in [5, 5.41) is 7.14. The molecule has 0 saturated carbocycles. The zero-order chi connectivity index (χ0) is 15.6. The normalized spacial score (nSPS) is 15.7. The number of para-hydroxylation sites is 1. The monoisotopic (exact) mass is 301 g/mol. The third-order valence-corrected chi connectivity index (χ3v) is 4.18. The van der Waals surface area contributed by atoms with Gasteiger partial charge in [0.1, 0.15) is 6.17 Å². The molecule has 1 heterocycles. The fourth-order valence-electron chi connectivity index (χ4n) is 3.17. The Kier molecular flexibility index (Phi) is 3.39. The summed E-state index contributed by atoms with van der Waals surface area (Å²) >= 11 is 0. The molecule has 1 aliphatic heterocycles. The number of nitrogens with two attached hydrogens (primary N) is 1. The Morgan fingerprint density at radius 1 is 0.913 bits per heavy atom. The van der Waals surface area contributed by atoms with E-state index in [1.54, 1.807) is 0 Å². The minimum atomic E-state index is 0.177. The molecule has 3 nitrogen and oxygen atoms in total. The van der Waals surface area contributed by atoms with E-state index < -0.39 is 0 Å². The second-order valence-electron chi connectivity index (χ2n) is 5.88. The van der Waals surface area contributed by atoms with Gasteiger partial charge in [0.05, 0.1) is 0 Å². The van der Waals surface area contributed by atoms with Crippen molar-refractivity contribution >= 4 is 17.1 Å². The minimum absolute atomic E-state index is 0.177. The van der Waals surface area contributed by atoms with Crippen LogP contribution in [0.25, 0.3) is 11.1 Å². The average molecular weight is 301 g/mol. The predicted octanol–water partition coefficient (Wildman–Crippen LogP) is 4.34. The third kappa shape index (κ3) is 2.73. The lowest BCUT2D eigenvalue weighted by atomic mass is 9.99. The Balaban J connectivity index is 1.66. The van der Waals surface area contributed by atoms with Crippen LogP contribution in [-0.4, -0.2) is 6.17 Å². The van der Waals surface area contributed by atoms with Crippen LogP contribution >= 0.6 is 0 Å². The van der Waals surface area contributed by atoms with Crippen LogP contribution in [0.4, 0.5) is 17.1 Å². The molecule has 0 spiro atoms. The van der Waals surface area contributed by atoms with E-state index in [9.17, 15) is 0 Å². The summed E-state index contributed by atoms with van der Waals surface area (Å²) in [6, 6.07) is 24.8. The predicted molar refractivity (Wildman–Crippen MR) is 97.5 cm³/mol. The first-order valence-corrected chi connectivity index (χ1v) is 7.85. The van der Waals surface area contributed by atoms with Gasteiger partial charge in [-0.05, 0) is 35.4 Å². The van der Waals surface area contributed by atoms with Crippen molar-refractivity contribution in [3.05, 3.63) is 78.4 Å². The number of benzene rings is 3. The molecular weight excluding hydrogens is 282 g/mol. The molecule has 0 aromatic heterocycles. The Bertz CT molecular complexity index is 813. The number of rotatable bonds is 3. The maximum Gasteiger partial charge on any atom is 0.101 e. The molecule has 0 bridgehead atoms. The number of hydrogen-bond acceptors (Lipinski definition) is 3. The van der Waals surface area contributed by atoms with Crippen molar-refractivity contribution in [3.8, 4) is 11.1 Å². The smallest absolute Gasteiger partial charge is 0.101 e. The van der Waals surface area contributed by atoms with Crippen LogP contribution in [-0.2, 0) is 6.42 Å². The Morgan fingerprint density at radius 2 is 1.61 bits per heavy atom. The number of hydrogen-bond donors (Lipinski definition) is 3. The van der Waals surface area contributed by atoms with E-state index in [1.807, 2.05) is 30.3 Å². The number of nitrogens with one attached hydrogen (secondary N) is 2. The van der Waals surface area contributed by atoms with Gasteiger partial charge < -0.3 is 16.4 Å². The topological polar surface area (TPSA) is 50.1 Å². The first-order valence-electron chi connectivity index (χ1n) is 7.85. The van der Waals surface area contributed by atoms with Crippen LogP contribution in [0, 0.1) is 0 Å². The van der Waals surface area contributed by atoms with Gasteiger partial charge in [-0.3, -0.25) is 0 Å². The summed E-state index contributed by atoms with van der Waals surface area (Å²) in [5.41, 5.74) is 12.8. The molecule has 0 aliphatic carbocycles. The molecule has 1 aliphatic rings. The highest BCUT2D eigenvalue weighted by Crippen LogP contribution is 2.38. The fraction of sp³-hybridized carbons (Fsp3) is 0.100. The van der Waals surface area contributed by atoms with Crippen molar-refractivity contribution in [2.24, 2.45) is 0 Å². The van der Waals surface area contributed by atoms with Gasteiger partial charge in [-0.2, -0.15) is 0 Å². The fourth-order valence-corrected chi connectivity index (χ4v) is 3.17. The summed E-state index contributed by atoms with van der Waals surface area (Å²) in [7, 11) is 0. The summed E-state index contributed by atoms with van der Waals surface area (Å²) in [6.07, 6.45) is 1.09. The molecule has 3 aromatic rings. The molecule has 4 rings (SSSR count). The lowest BCUT2D eigenvalue weighted by Crippen LogP contribution is -2.25. The van der Waals surface area contributed by atoms with Gasteiger partial charge in [0.15, 0.2) is 0 Å². The molecule has 1 atom stereocenters. The number of anilines is 3. The van der Waals surface area contributed by atoms with Crippen LogP contribution in [0.3, 0.4) is 0 Å². The zero-order valence-electron chi connectivity index (χ0n) is 12.8. The van der Waals surface area contributed by atoms with Crippen molar-refractivity contribution in [2.45, 2.75) is 12.6 Å². The van der Waals surface area contributed by atoms with Gasteiger partial charge in [-0.1, -0.05) is 48.5 Å². The van der Waals surface area contributed by atoms with Crippen molar-refractivity contribution in [2.75, 3.05) is 16.4 Å². The van der Waals surface area contributed by atoms with Gasteiger partial charge in [0.25, 0.3) is 0 Å². The van der Waals surface area contributed by atoms with Crippen molar-refractivity contribution < 1.29 is 0 Å². The van der Waals surface area contributed by atoms with E-state index in [-0.39, 0.29) is 6.17 Å². The first-order chi connectivity index (χ1) is 11.3. The van der Waals surface area contributed by atoms with Crippen molar-refractivity contribution in [1.82, 2.24) is 0 Å². The van der Waals surface area contributed by atoms with Gasteiger partial charge in [-0.15, -0.1) is 0 Å².